The summed E-state index contributed by atoms with van der Waals surface area (Å²) in [4.78, 5) is 42.5. The molecule has 2 heterocycles. The number of hydrogen-bond donors (Lipinski definition) is 1. The van der Waals surface area contributed by atoms with Crippen LogP contribution in [0.3, 0.4) is 0 Å². The van der Waals surface area contributed by atoms with Crippen molar-refractivity contribution in [3.63, 3.8) is 0 Å². The van der Waals surface area contributed by atoms with Crippen LogP contribution in [0.5, 0.6) is 0 Å². The highest BCUT2D eigenvalue weighted by Crippen LogP contribution is 2.29. The van der Waals surface area contributed by atoms with E-state index in [1.165, 1.54) is 55.2 Å². The maximum absolute atomic E-state index is 13.5. The summed E-state index contributed by atoms with van der Waals surface area (Å²) >= 11 is 0. The minimum atomic E-state index is -3.42. The molecule has 1 aromatic carbocycles. The summed E-state index contributed by atoms with van der Waals surface area (Å²) in [7, 11) is -1.91. The van der Waals surface area contributed by atoms with Crippen LogP contribution in [0.25, 0.3) is 11.1 Å². The van der Waals surface area contributed by atoms with E-state index in [0.29, 0.717) is 16.7 Å². The van der Waals surface area contributed by atoms with Crippen molar-refractivity contribution < 1.29 is 27.1 Å². The van der Waals surface area contributed by atoms with Gasteiger partial charge < -0.3 is 14.6 Å². The Kier molecular flexibility index (Phi) is 8.51. The van der Waals surface area contributed by atoms with Gasteiger partial charge in [-0.15, -0.1) is 0 Å². The fourth-order valence-electron chi connectivity index (χ4n) is 3.58. The number of amides is 1. The number of rotatable bonds is 8. The first-order valence-electron chi connectivity index (χ1n) is 11.8. The summed E-state index contributed by atoms with van der Waals surface area (Å²) in [6.07, 6.45) is 2.08. The van der Waals surface area contributed by atoms with Crippen molar-refractivity contribution in [3.8, 4) is 11.1 Å². The summed E-state index contributed by atoms with van der Waals surface area (Å²) in [6.45, 7) is 6.59. The van der Waals surface area contributed by atoms with Gasteiger partial charge in [-0.3, -0.25) is 14.6 Å². The van der Waals surface area contributed by atoms with Gasteiger partial charge in [-0.05, 0) is 56.7 Å². The maximum atomic E-state index is 13.5. The number of aryl methyl sites for hydroxylation is 1. The third-order valence-corrected chi connectivity index (χ3v) is 7.19. The molecule has 0 saturated heterocycles. The maximum Gasteiger partial charge on any atom is 0.407 e. The fraction of sp³-hybridized carbons (Fsp3) is 0.333. The molecular weight excluding hydrogens is 513 g/mol. The number of aromatic nitrogens is 2. The molecule has 2 aromatic heterocycles. The van der Waals surface area contributed by atoms with Crippen LogP contribution in [0.4, 0.5) is 9.18 Å². The van der Waals surface area contributed by atoms with E-state index in [0.717, 1.165) is 12.1 Å². The number of nitrogens with one attached hydrogen (secondary N) is 1. The van der Waals surface area contributed by atoms with E-state index < -0.39 is 33.1 Å². The van der Waals surface area contributed by atoms with E-state index in [4.69, 9.17) is 4.74 Å². The van der Waals surface area contributed by atoms with Gasteiger partial charge in [0.25, 0.3) is 5.56 Å². The number of ketones is 1. The molecule has 11 heteroatoms. The SMILES string of the molecule is CCS(=O)(=O)Cc1cnc(C(=O)c2ccc(F)cc2)c(-c2cn(C)c(=O)cc2COC(=O)NC(C)(C)C)c1. The lowest BCUT2D eigenvalue weighted by molar-refractivity contribution is 0.103. The highest BCUT2D eigenvalue weighted by atomic mass is 32.2. The number of alkyl carbamates (subject to hydrolysis) is 1. The molecule has 0 aliphatic heterocycles. The number of carbonyl (C=O) groups is 2. The Hall–Kier alpha value is -3.86. The van der Waals surface area contributed by atoms with Gasteiger partial charge in [0.1, 0.15) is 18.1 Å². The summed E-state index contributed by atoms with van der Waals surface area (Å²) in [5.41, 5.74) is 0.427. The zero-order chi connectivity index (χ0) is 28.3. The molecule has 0 bridgehead atoms. The van der Waals surface area contributed by atoms with Crippen molar-refractivity contribution in [2.24, 2.45) is 7.05 Å². The predicted molar refractivity (Wildman–Crippen MR) is 141 cm³/mol. The van der Waals surface area contributed by atoms with Crippen LogP contribution >= 0.6 is 0 Å². The van der Waals surface area contributed by atoms with Crippen molar-refractivity contribution in [2.45, 2.75) is 45.6 Å². The predicted octanol–water partition coefficient (Wildman–Crippen LogP) is 3.78. The lowest BCUT2D eigenvalue weighted by Gasteiger charge is -2.20. The number of benzene rings is 1. The van der Waals surface area contributed by atoms with Gasteiger partial charge in [-0.1, -0.05) is 6.92 Å². The molecule has 0 spiro atoms. The Labute approximate surface area is 220 Å². The molecule has 0 aliphatic carbocycles. The van der Waals surface area contributed by atoms with Crippen molar-refractivity contribution in [1.82, 2.24) is 14.9 Å². The van der Waals surface area contributed by atoms with Crippen molar-refractivity contribution >= 4 is 21.7 Å². The van der Waals surface area contributed by atoms with Crippen molar-refractivity contribution in [1.29, 1.82) is 0 Å². The third kappa shape index (κ3) is 7.34. The molecular formula is C27H30FN3O6S. The molecule has 0 fully saturated rings. The molecule has 1 N–H and O–H groups in total. The average Bonchev–Trinajstić information content (AvgIpc) is 2.83. The van der Waals surface area contributed by atoms with Gasteiger partial charge in [0.05, 0.1) is 5.75 Å². The first-order valence-corrected chi connectivity index (χ1v) is 13.7. The van der Waals surface area contributed by atoms with Gasteiger partial charge in [-0.25, -0.2) is 17.6 Å². The average molecular weight is 544 g/mol. The Morgan fingerprint density at radius 2 is 1.76 bits per heavy atom. The minimum absolute atomic E-state index is 0.0340. The molecule has 9 nitrogen and oxygen atoms in total. The summed E-state index contributed by atoms with van der Waals surface area (Å²) in [5.74, 6) is -1.43. The largest absolute Gasteiger partial charge is 0.445 e. The summed E-state index contributed by atoms with van der Waals surface area (Å²) in [5, 5.41) is 2.66. The fourth-order valence-corrected chi connectivity index (χ4v) is 4.45. The van der Waals surface area contributed by atoms with Crippen LogP contribution in [0.15, 0.2) is 53.6 Å². The lowest BCUT2D eigenvalue weighted by atomic mass is 9.95. The highest BCUT2D eigenvalue weighted by molar-refractivity contribution is 7.90. The second kappa shape index (κ2) is 11.3. The van der Waals surface area contributed by atoms with Gasteiger partial charge in [0, 0.05) is 59.1 Å². The molecule has 3 rings (SSSR count). The zero-order valence-electron chi connectivity index (χ0n) is 21.9. The molecule has 3 aromatic rings. The number of ether oxygens (including phenoxy) is 1. The van der Waals surface area contributed by atoms with E-state index >= 15 is 0 Å². The Morgan fingerprint density at radius 1 is 1.11 bits per heavy atom. The van der Waals surface area contributed by atoms with Crippen molar-refractivity contribution in [3.05, 3.63) is 87.3 Å². The molecule has 0 radical (unpaired) electrons. The number of nitrogens with zero attached hydrogens (tertiary/aromatic N) is 2. The monoisotopic (exact) mass is 543 g/mol. The molecule has 0 saturated carbocycles. The van der Waals surface area contributed by atoms with E-state index in [9.17, 15) is 27.2 Å². The van der Waals surface area contributed by atoms with Crippen LogP contribution in [-0.2, 0) is 34.0 Å². The molecule has 0 unspecified atom stereocenters. The van der Waals surface area contributed by atoms with E-state index in [1.807, 2.05) is 0 Å². The van der Waals surface area contributed by atoms with E-state index in [-0.39, 0.29) is 40.5 Å². The van der Waals surface area contributed by atoms with Gasteiger partial charge in [-0.2, -0.15) is 0 Å². The number of carbonyl (C=O) groups excluding carboxylic acids is 2. The molecule has 1 amide bonds. The molecule has 0 aliphatic rings. The van der Waals surface area contributed by atoms with Gasteiger partial charge >= 0.3 is 6.09 Å². The second-order valence-corrected chi connectivity index (χ2v) is 12.2. The minimum Gasteiger partial charge on any atom is -0.445 e. The first-order chi connectivity index (χ1) is 17.7. The van der Waals surface area contributed by atoms with Crippen molar-refractivity contribution in [2.75, 3.05) is 5.75 Å². The Bertz CT molecular complexity index is 1520. The Balaban J connectivity index is 2.17. The highest BCUT2D eigenvalue weighted by Gasteiger charge is 2.23. The third-order valence-electron chi connectivity index (χ3n) is 5.53. The van der Waals surface area contributed by atoms with E-state index in [2.05, 4.69) is 10.3 Å². The quantitative estimate of drug-likeness (QED) is 0.429. The number of halogens is 1. The number of pyridine rings is 2. The van der Waals surface area contributed by atoms with Crippen LogP contribution in [0.1, 0.15) is 54.9 Å². The first kappa shape index (κ1) is 28.7. The summed E-state index contributed by atoms with van der Waals surface area (Å²) in [6, 6.07) is 7.74. The number of hydrogen-bond acceptors (Lipinski definition) is 7. The van der Waals surface area contributed by atoms with Gasteiger partial charge in [0.15, 0.2) is 9.84 Å². The van der Waals surface area contributed by atoms with Crippen LogP contribution < -0.4 is 10.9 Å². The molecule has 202 valence electrons. The van der Waals surface area contributed by atoms with Gasteiger partial charge in [0.2, 0.25) is 5.78 Å². The van der Waals surface area contributed by atoms with Crippen LogP contribution in [-0.4, -0.2) is 41.1 Å². The lowest BCUT2D eigenvalue weighted by Crippen LogP contribution is -2.40. The smallest absolute Gasteiger partial charge is 0.407 e. The normalized spacial score (nSPS) is 11.7. The molecule has 0 atom stereocenters. The Morgan fingerprint density at radius 3 is 2.37 bits per heavy atom. The zero-order valence-corrected chi connectivity index (χ0v) is 22.7. The van der Waals surface area contributed by atoms with Crippen LogP contribution in [0, 0.1) is 5.82 Å². The standard InChI is InChI=1S/C27H30FN3O6S/c1-6-38(35,36)16-17-11-21(24(29-13-17)25(33)18-7-9-20(28)10-8-18)22-14-31(5)23(32)12-19(22)15-37-26(34)30-27(2,3)4/h7-14H,6,15-16H2,1-5H3,(H,30,34). The van der Waals surface area contributed by atoms with Crippen LogP contribution in [0.2, 0.25) is 0 Å². The molecule has 38 heavy (non-hydrogen) atoms. The summed E-state index contributed by atoms with van der Waals surface area (Å²) < 4.78 is 44.7. The second-order valence-electron chi connectivity index (χ2n) is 9.86. The van der Waals surface area contributed by atoms with E-state index in [1.54, 1.807) is 20.8 Å². The topological polar surface area (TPSA) is 124 Å². The number of sulfone groups is 1.